The Morgan fingerprint density at radius 2 is 2.41 bits per heavy atom. The van der Waals surface area contributed by atoms with Gasteiger partial charge in [0.15, 0.2) is 0 Å². The van der Waals surface area contributed by atoms with E-state index in [1.165, 1.54) is 6.42 Å². The summed E-state index contributed by atoms with van der Waals surface area (Å²) in [7, 11) is 1.98. The highest BCUT2D eigenvalue weighted by atomic mass is 35.5. The maximum atomic E-state index is 9.04. The fourth-order valence-electron chi connectivity index (χ4n) is 2.14. The number of anilines is 1. The number of hydrogen-bond acceptors (Lipinski definition) is 4. The van der Waals surface area contributed by atoms with Crippen LogP contribution < -0.4 is 10.2 Å². The molecule has 0 aromatic carbocycles. The van der Waals surface area contributed by atoms with E-state index in [0.717, 1.165) is 25.3 Å². The summed E-state index contributed by atoms with van der Waals surface area (Å²) < 4.78 is 0. The smallest absolute Gasteiger partial charge is 0.146 e. The van der Waals surface area contributed by atoms with Gasteiger partial charge in [-0.2, -0.15) is 5.26 Å². The minimum absolute atomic E-state index is 0. The number of nitriles is 1. The van der Waals surface area contributed by atoms with Gasteiger partial charge in [-0.3, -0.25) is 0 Å². The number of rotatable bonds is 2. The summed E-state index contributed by atoms with van der Waals surface area (Å²) in [5, 5.41) is 12.3. The molecule has 4 nitrogen and oxygen atoms in total. The fourth-order valence-corrected chi connectivity index (χ4v) is 2.14. The molecule has 1 aliphatic heterocycles. The summed E-state index contributed by atoms with van der Waals surface area (Å²) in [6.07, 6.45) is 4.09. The van der Waals surface area contributed by atoms with Crippen LogP contribution in [0, 0.1) is 11.3 Å². The first kappa shape index (κ1) is 13.8. The molecule has 0 bridgehead atoms. The summed E-state index contributed by atoms with van der Waals surface area (Å²) >= 11 is 0. The van der Waals surface area contributed by atoms with Crippen LogP contribution in [0.1, 0.15) is 18.4 Å². The number of nitrogens with one attached hydrogen (secondary N) is 1. The maximum absolute atomic E-state index is 9.04. The van der Waals surface area contributed by atoms with Crippen LogP contribution in [0.2, 0.25) is 0 Å². The Hall–Kier alpha value is -1.31. The quantitative estimate of drug-likeness (QED) is 0.868. The van der Waals surface area contributed by atoms with Gasteiger partial charge in [0, 0.05) is 25.3 Å². The third kappa shape index (κ3) is 3.09. The van der Waals surface area contributed by atoms with Crippen LogP contribution in [-0.2, 0) is 0 Å². The van der Waals surface area contributed by atoms with Gasteiger partial charge < -0.3 is 10.2 Å². The first-order chi connectivity index (χ1) is 7.85. The molecule has 0 amide bonds. The third-order valence-electron chi connectivity index (χ3n) is 3.04. The zero-order chi connectivity index (χ0) is 11.4. The van der Waals surface area contributed by atoms with E-state index in [1.807, 2.05) is 19.2 Å². The molecule has 1 aromatic rings. The Bertz CT molecular complexity index is 402. The number of piperidine rings is 1. The Labute approximate surface area is 108 Å². The molecule has 1 N–H and O–H groups in total. The van der Waals surface area contributed by atoms with Gasteiger partial charge in [-0.1, -0.05) is 0 Å². The van der Waals surface area contributed by atoms with E-state index < -0.39 is 0 Å². The van der Waals surface area contributed by atoms with Gasteiger partial charge in [-0.15, -0.1) is 12.4 Å². The second-order valence-electron chi connectivity index (χ2n) is 4.06. The van der Waals surface area contributed by atoms with Crippen LogP contribution >= 0.6 is 12.4 Å². The van der Waals surface area contributed by atoms with Gasteiger partial charge in [0.1, 0.15) is 11.9 Å². The van der Waals surface area contributed by atoms with Crippen molar-refractivity contribution in [3.8, 4) is 6.07 Å². The van der Waals surface area contributed by atoms with Gasteiger partial charge >= 0.3 is 0 Å². The molecule has 0 radical (unpaired) electrons. The molecule has 1 aliphatic rings. The number of halogens is 1. The van der Waals surface area contributed by atoms with Crippen LogP contribution in [0.3, 0.4) is 0 Å². The van der Waals surface area contributed by atoms with Crippen molar-refractivity contribution in [3.05, 3.63) is 23.9 Å². The normalized spacial score (nSPS) is 19.3. The van der Waals surface area contributed by atoms with E-state index in [2.05, 4.69) is 21.3 Å². The molecule has 2 heterocycles. The minimum atomic E-state index is 0. The average molecular weight is 253 g/mol. The van der Waals surface area contributed by atoms with Gasteiger partial charge in [0.05, 0.1) is 5.56 Å². The highest BCUT2D eigenvalue weighted by Gasteiger charge is 2.21. The van der Waals surface area contributed by atoms with E-state index in [1.54, 1.807) is 6.20 Å². The number of pyridine rings is 1. The molecule has 5 heteroatoms. The second-order valence-corrected chi connectivity index (χ2v) is 4.06. The molecule has 92 valence electrons. The van der Waals surface area contributed by atoms with Crippen molar-refractivity contribution in [1.29, 1.82) is 5.26 Å². The monoisotopic (exact) mass is 252 g/mol. The van der Waals surface area contributed by atoms with E-state index in [9.17, 15) is 0 Å². The third-order valence-corrected chi connectivity index (χ3v) is 3.04. The largest absolute Gasteiger partial charge is 0.354 e. The molecule has 1 atom stereocenters. The predicted molar refractivity (Wildman–Crippen MR) is 70.5 cm³/mol. The highest BCUT2D eigenvalue weighted by molar-refractivity contribution is 5.85. The molecule has 0 saturated carbocycles. The van der Waals surface area contributed by atoms with Crippen LogP contribution in [0.5, 0.6) is 0 Å². The molecule has 1 saturated heterocycles. The molecular formula is C12H17ClN4. The van der Waals surface area contributed by atoms with Crippen molar-refractivity contribution in [3.63, 3.8) is 0 Å². The first-order valence-electron chi connectivity index (χ1n) is 5.62. The van der Waals surface area contributed by atoms with Gasteiger partial charge in [0.25, 0.3) is 0 Å². The second kappa shape index (κ2) is 6.43. The van der Waals surface area contributed by atoms with E-state index in [4.69, 9.17) is 5.26 Å². The molecule has 1 unspecified atom stereocenters. The summed E-state index contributed by atoms with van der Waals surface area (Å²) in [5.41, 5.74) is 0.666. The Kier molecular flexibility index (Phi) is 5.20. The van der Waals surface area contributed by atoms with Crippen LogP contribution in [0.15, 0.2) is 18.3 Å². The van der Waals surface area contributed by atoms with Crippen molar-refractivity contribution in [1.82, 2.24) is 10.3 Å². The molecule has 2 rings (SSSR count). The Balaban J connectivity index is 0.00000144. The molecular weight excluding hydrogens is 236 g/mol. The lowest BCUT2D eigenvalue weighted by molar-refractivity contribution is 0.447. The predicted octanol–water partition coefficient (Wildman–Crippen LogP) is 1.56. The molecule has 1 fully saturated rings. The standard InChI is InChI=1S/C12H16N4.ClH/c1-14-11-5-3-7-16(9-11)12-10(8-13)4-2-6-15-12;/h2,4,6,11,14H,3,5,7,9H2,1H3;1H. The highest BCUT2D eigenvalue weighted by Crippen LogP contribution is 2.20. The molecule has 1 aromatic heterocycles. The summed E-state index contributed by atoms with van der Waals surface area (Å²) in [5.74, 6) is 0.824. The van der Waals surface area contributed by atoms with Gasteiger partial charge in [-0.25, -0.2) is 4.98 Å². The van der Waals surface area contributed by atoms with Gasteiger partial charge in [-0.05, 0) is 32.0 Å². The SMILES string of the molecule is CNC1CCCN(c2ncccc2C#N)C1.Cl. The van der Waals surface area contributed by atoms with Crippen molar-refractivity contribution in [2.24, 2.45) is 0 Å². The lowest BCUT2D eigenvalue weighted by Crippen LogP contribution is -2.45. The fraction of sp³-hybridized carbons (Fsp3) is 0.500. The topological polar surface area (TPSA) is 52.0 Å². The molecule has 0 aliphatic carbocycles. The number of hydrogen-bond donors (Lipinski definition) is 1. The van der Waals surface area contributed by atoms with E-state index in [0.29, 0.717) is 11.6 Å². The summed E-state index contributed by atoms with van der Waals surface area (Å²) in [4.78, 5) is 6.52. The van der Waals surface area contributed by atoms with Gasteiger partial charge in [0.2, 0.25) is 0 Å². The van der Waals surface area contributed by atoms with Crippen molar-refractivity contribution >= 4 is 18.2 Å². The maximum Gasteiger partial charge on any atom is 0.146 e. The van der Waals surface area contributed by atoms with Crippen LogP contribution in [0.4, 0.5) is 5.82 Å². The summed E-state index contributed by atoms with van der Waals surface area (Å²) in [6.45, 7) is 1.92. The van der Waals surface area contributed by atoms with E-state index >= 15 is 0 Å². The zero-order valence-corrected chi connectivity index (χ0v) is 10.7. The van der Waals surface area contributed by atoms with Crippen molar-refractivity contribution in [2.45, 2.75) is 18.9 Å². The van der Waals surface area contributed by atoms with Crippen molar-refractivity contribution < 1.29 is 0 Å². The number of nitrogens with zero attached hydrogens (tertiary/aromatic N) is 3. The number of aromatic nitrogens is 1. The van der Waals surface area contributed by atoms with Crippen LogP contribution in [0.25, 0.3) is 0 Å². The Morgan fingerprint density at radius 3 is 3.12 bits per heavy atom. The van der Waals surface area contributed by atoms with Crippen molar-refractivity contribution in [2.75, 3.05) is 25.0 Å². The first-order valence-corrected chi connectivity index (χ1v) is 5.62. The molecule has 0 spiro atoms. The van der Waals surface area contributed by atoms with Crippen LogP contribution in [-0.4, -0.2) is 31.2 Å². The Morgan fingerprint density at radius 1 is 1.59 bits per heavy atom. The lowest BCUT2D eigenvalue weighted by atomic mass is 10.1. The number of likely N-dealkylation sites (N-methyl/N-ethyl adjacent to an activating group) is 1. The summed E-state index contributed by atoms with van der Waals surface area (Å²) in [6, 6.07) is 6.34. The minimum Gasteiger partial charge on any atom is -0.354 e. The zero-order valence-electron chi connectivity index (χ0n) is 9.89. The molecule has 17 heavy (non-hydrogen) atoms. The average Bonchev–Trinajstić information content (AvgIpc) is 2.38. The lowest BCUT2D eigenvalue weighted by Gasteiger charge is -2.33. The van der Waals surface area contributed by atoms with E-state index in [-0.39, 0.29) is 12.4 Å².